The van der Waals surface area contributed by atoms with Crippen molar-refractivity contribution in [2.75, 3.05) is 13.2 Å². The predicted molar refractivity (Wildman–Crippen MR) is 306 cm³/mol. The number of carbonyl (C=O) groups is 3. The Morgan fingerprint density at radius 3 is 0.873 bits per heavy atom. The summed E-state index contributed by atoms with van der Waals surface area (Å²) in [4.78, 5) is 38.1. The Balaban J connectivity index is 4.48. The minimum Gasteiger partial charge on any atom is -0.462 e. The van der Waals surface area contributed by atoms with E-state index >= 15 is 0 Å². The summed E-state index contributed by atoms with van der Waals surface area (Å²) in [5, 5.41) is 0. The fourth-order valence-electron chi connectivity index (χ4n) is 7.11. The van der Waals surface area contributed by atoms with Crippen LogP contribution in [0.4, 0.5) is 0 Å². The summed E-state index contributed by atoms with van der Waals surface area (Å²) in [6.45, 7) is 6.30. The van der Waals surface area contributed by atoms with Gasteiger partial charge < -0.3 is 14.2 Å². The molecule has 0 radical (unpaired) electrons. The van der Waals surface area contributed by atoms with E-state index in [4.69, 9.17) is 14.2 Å². The number of hydrogen-bond donors (Lipinski definition) is 0. The normalized spacial score (nSPS) is 13.2. The van der Waals surface area contributed by atoms with Crippen LogP contribution in [0.5, 0.6) is 0 Å². The molecule has 0 rings (SSSR count). The molecule has 0 saturated carbocycles. The first kappa shape index (κ1) is 66.3. The van der Waals surface area contributed by atoms with E-state index in [1.807, 2.05) is 0 Å². The molecule has 0 aromatic carbocycles. The summed E-state index contributed by atoms with van der Waals surface area (Å²) < 4.78 is 16.8. The van der Waals surface area contributed by atoms with Gasteiger partial charge in [0.15, 0.2) is 6.10 Å². The summed E-state index contributed by atoms with van der Waals surface area (Å²) in [5.41, 5.74) is 0. The number of esters is 3. The summed E-state index contributed by atoms with van der Waals surface area (Å²) in [6.07, 6.45) is 82.7. The standard InChI is InChI=1S/C65H102O6/c1-4-7-10-13-16-19-22-25-27-28-29-30-31-32-33-34-35-36-38-40-43-46-49-52-55-58-64(67)70-61-62(60-69-63(66)57-54-51-48-45-42-39-24-21-18-15-12-9-6-3)71-65(68)59-56-53-50-47-44-41-37-26-23-20-17-14-11-8-5-2/h7,9-10,12,16-21,25-27,29-30,32-33,35-37,39-40,42-43,62H,4-6,8,11,13-15,22-24,28,31,34,38,41,44-61H2,1-3H3/b10-7-,12-9-,19-16-,20-17-,21-18-,27-25-,30-29-,33-32-,36-35-,37-26-,42-39-,43-40-. The predicted octanol–water partition coefficient (Wildman–Crippen LogP) is 19.2. The molecule has 0 amide bonds. The van der Waals surface area contributed by atoms with Crippen molar-refractivity contribution in [3.63, 3.8) is 0 Å². The highest BCUT2D eigenvalue weighted by Crippen LogP contribution is 2.12. The van der Waals surface area contributed by atoms with Crippen molar-refractivity contribution < 1.29 is 28.6 Å². The SMILES string of the molecule is CC/C=C\C/C=C\C/C=C\C/C=C\C/C=C\C/C=C\C/C=C\CCCCCC(=O)OCC(COC(=O)CCCCC/C=C\C/C=C\C/C=C\CC)OC(=O)CCCCCCC/C=C\C/C=C\CCCCC. The van der Waals surface area contributed by atoms with Crippen LogP contribution in [0.25, 0.3) is 0 Å². The summed E-state index contributed by atoms with van der Waals surface area (Å²) in [5.74, 6) is -0.998. The zero-order chi connectivity index (χ0) is 51.4. The van der Waals surface area contributed by atoms with Crippen LogP contribution in [0.2, 0.25) is 0 Å². The van der Waals surface area contributed by atoms with Crippen LogP contribution in [0.1, 0.15) is 226 Å². The molecule has 0 bridgehead atoms. The Kier molecular flexibility index (Phi) is 54.0. The maximum Gasteiger partial charge on any atom is 0.306 e. The molecule has 0 fully saturated rings. The van der Waals surface area contributed by atoms with Gasteiger partial charge in [-0.2, -0.15) is 0 Å². The zero-order valence-corrected chi connectivity index (χ0v) is 45.4. The van der Waals surface area contributed by atoms with Gasteiger partial charge in [0.25, 0.3) is 0 Å². The van der Waals surface area contributed by atoms with E-state index in [1.54, 1.807) is 0 Å². The molecule has 0 N–H and O–H groups in total. The van der Waals surface area contributed by atoms with Gasteiger partial charge in [-0.05, 0) is 141 Å². The lowest BCUT2D eigenvalue weighted by atomic mass is 10.1. The molecule has 0 saturated heterocycles. The van der Waals surface area contributed by atoms with Crippen LogP contribution < -0.4 is 0 Å². The summed E-state index contributed by atoms with van der Waals surface area (Å²) in [6, 6.07) is 0. The van der Waals surface area contributed by atoms with E-state index in [1.165, 1.54) is 25.7 Å². The van der Waals surface area contributed by atoms with Crippen molar-refractivity contribution in [1.29, 1.82) is 0 Å². The maximum atomic E-state index is 12.8. The van der Waals surface area contributed by atoms with Gasteiger partial charge in [-0.25, -0.2) is 0 Å². The molecule has 1 atom stereocenters. The Bertz CT molecular complexity index is 1590. The van der Waals surface area contributed by atoms with Gasteiger partial charge >= 0.3 is 17.9 Å². The monoisotopic (exact) mass is 979 g/mol. The molecule has 0 aliphatic rings. The highest BCUT2D eigenvalue weighted by Gasteiger charge is 2.19. The topological polar surface area (TPSA) is 78.9 Å². The van der Waals surface area contributed by atoms with Crippen LogP contribution in [-0.2, 0) is 28.6 Å². The molecule has 6 nitrogen and oxygen atoms in total. The molecule has 0 aliphatic heterocycles. The number of unbranched alkanes of at least 4 members (excludes halogenated alkanes) is 14. The zero-order valence-electron chi connectivity index (χ0n) is 45.4. The van der Waals surface area contributed by atoms with Gasteiger partial charge in [0.05, 0.1) is 0 Å². The Morgan fingerprint density at radius 2 is 0.549 bits per heavy atom. The van der Waals surface area contributed by atoms with Gasteiger partial charge in [0.2, 0.25) is 0 Å². The fourth-order valence-corrected chi connectivity index (χ4v) is 7.11. The molecule has 0 aliphatic carbocycles. The Labute approximate surface area is 436 Å². The van der Waals surface area contributed by atoms with E-state index in [9.17, 15) is 14.4 Å². The van der Waals surface area contributed by atoms with Crippen molar-refractivity contribution in [3.8, 4) is 0 Å². The molecule has 1 unspecified atom stereocenters. The van der Waals surface area contributed by atoms with E-state index in [0.717, 1.165) is 161 Å². The highest BCUT2D eigenvalue weighted by atomic mass is 16.6. The highest BCUT2D eigenvalue weighted by molar-refractivity contribution is 5.71. The van der Waals surface area contributed by atoms with Crippen LogP contribution in [-0.4, -0.2) is 37.2 Å². The number of carbonyl (C=O) groups excluding carboxylic acids is 3. The maximum absolute atomic E-state index is 12.8. The van der Waals surface area contributed by atoms with Crippen LogP contribution >= 0.6 is 0 Å². The molecule has 398 valence electrons. The van der Waals surface area contributed by atoms with Crippen molar-refractivity contribution >= 4 is 17.9 Å². The first-order chi connectivity index (χ1) is 35.0. The number of allylic oxidation sites excluding steroid dienone is 24. The molecule has 71 heavy (non-hydrogen) atoms. The van der Waals surface area contributed by atoms with Crippen molar-refractivity contribution in [3.05, 3.63) is 146 Å². The van der Waals surface area contributed by atoms with Crippen molar-refractivity contribution in [1.82, 2.24) is 0 Å². The molecular weight excluding hydrogens is 877 g/mol. The second kappa shape index (κ2) is 57.9. The average molecular weight is 980 g/mol. The van der Waals surface area contributed by atoms with Crippen LogP contribution in [0, 0.1) is 0 Å². The molecule has 0 spiro atoms. The second-order valence-corrected chi connectivity index (χ2v) is 18.1. The molecule has 6 heteroatoms. The van der Waals surface area contributed by atoms with Crippen molar-refractivity contribution in [2.45, 2.75) is 232 Å². The van der Waals surface area contributed by atoms with Gasteiger partial charge in [0.1, 0.15) is 13.2 Å². The fraction of sp³-hybridized carbons (Fsp3) is 0.585. The third-order valence-corrected chi connectivity index (χ3v) is 11.3. The number of rotatable bonds is 49. The Hall–Kier alpha value is -4.71. The third-order valence-electron chi connectivity index (χ3n) is 11.3. The lowest BCUT2D eigenvalue weighted by Crippen LogP contribution is -2.30. The number of hydrogen-bond acceptors (Lipinski definition) is 6. The Morgan fingerprint density at radius 1 is 0.296 bits per heavy atom. The van der Waals surface area contributed by atoms with Gasteiger partial charge in [0, 0.05) is 19.3 Å². The lowest BCUT2D eigenvalue weighted by Gasteiger charge is -2.18. The molecule has 0 aromatic heterocycles. The lowest BCUT2D eigenvalue weighted by molar-refractivity contribution is -0.167. The van der Waals surface area contributed by atoms with E-state index in [-0.39, 0.29) is 31.1 Å². The van der Waals surface area contributed by atoms with Gasteiger partial charge in [-0.15, -0.1) is 0 Å². The minimum atomic E-state index is -0.818. The average Bonchev–Trinajstić information content (AvgIpc) is 3.37. The first-order valence-corrected chi connectivity index (χ1v) is 28.3. The minimum absolute atomic E-state index is 0.116. The van der Waals surface area contributed by atoms with E-state index < -0.39 is 6.10 Å². The van der Waals surface area contributed by atoms with Gasteiger partial charge in [-0.3, -0.25) is 14.4 Å². The second-order valence-electron chi connectivity index (χ2n) is 18.1. The quantitative estimate of drug-likeness (QED) is 0.0262. The largest absolute Gasteiger partial charge is 0.462 e. The van der Waals surface area contributed by atoms with Crippen molar-refractivity contribution in [2.24, 2.45) is 0 Å². The summed E-state index contributed by atoms with van der Waals surface area (Å²) >= 11 is 0. The smallest absolute Gasteiger partial charge is 0.306 e. The number of ether oxygens (including phenoxy) is 3. The van der Waals surface area contributed by atoms with Crippen LogP contribution in [0.3, 0.4) is 0 Å². The van der Waals surface area contributed by atoms with Gasteiger partial charge in [-0.1, -0.05) is 212 Å². The summed E-state index contributed by atoms with van der Waals surface area (Å²) in [7, 11) is 0. The van der Waals surface area contributed by atoms with E-state index in [0.29, 0.717) is 19.3 Å². The first-order valence-electron chi connectivity index (χ1n) is 28.3. The molecule has 0 aromatic rings. The van der Waals surface area contributed by atoms with Crippen LogP contribution in [0.15, 0.2) is 146 Å². The van der Waals surface area contributed by atoms with E-state index in [2.05, 4.69) is 167 Å². The third kappa shape index (κ3) is 56.1. The molecular formula is C65H102O6. The molecule has 0 heterocycles.